The largest absolute Gasteiger partial charge is 0.338 e. The quantitative estimate of drug-likeness (QED) is 0.808. The van der Waals surface area contributed by atoms with Crippen LogP contribution in [0.5, 0.6) is 0 Å². The Balaban J connectivity index is 2.27. The molecule has 3 heteroatoms. The Kier molecular flexibility index (Phi) is 5.01. The van der Waals surface area contributed by atoms with Gasteiger partial charge in [0.2, 0.25) is 0 Å². The van der Waals surface area contributed by atoms with Crippen LogP contribution >= 0.6 is 0 Å². The molecular weight excluding hydrogens is 212 g/mol. The highest BCUT2D eigenvalue weighted by molar-refractivity contribution is 5.73. The Morgan fingerprint density at radius 2 is 1.82 bits per heavy atom. The Labute approximate surface area is 104 Å². The Bertz CT molecular complexity index is 346. The smallest absolute Gasteiger partial charge is 0.315 e. The number of hydrogen-bond donors (Lipinski definition) is 2. The molecule has 2 N–H and O–H groups in total. The van der Waals surface area contributed by atoms with Gasteiger partial charge in [0, 0.05) is 13.1 Å². The fourth-order valence-electron chi connectivity index (χ4n) is 1.29. The van der Waals surface area contributed by atoms with E-state index in [-0.39, 0.29) is 11.4 Å². The third kappa shape index (κ3) is 5.38. The van der Waals surface area contributed by atoms with Crippen LogP contribution in [0.25, 0.3) is 0 Å². The van der Waals surface area contributed by atoms with Crippen molar-refractivity contribution >= 4 is 6.03 Å². The van der Waals surface area contributed by atoms with Crippen LogP contribution in [0.2, 0.25) is 0 Å². The molecule has 0 heterocycles. The molecule has 0 spiro atoms. The summed E-state index contributed by atoms with van der Waals surface area (Å²) < 4.78 is 0. The number of carbonyl (C=O) groups is 1. The van der Waals surface area contributed by atoms with Crippen molar-refractivity contribution in [1.82, 2.24) is 10.6 Å². The van der Waals surface area contributed by atoms with E-state index in [1.807, 2.05) is 30.3 Å². The zero-order chi connectivity index (χ0) is 12.7. The highest BCUT2D eigenvalue weighted by Gasteiger charge is 2.15. The van der Waals surface area contributed by atoms with Gasteiger partial charge in [-0.15, -0.1) is 0 Å². The predicted octanol–water partition coefficient (Wildman–Crippen LogP) is 2.92. The van der Waals surface area contributed by atoms with E-state index in [0.717, 1.165) is 12.0 Å². The summed E-state index contributed by atoms with van der Waals surface area (Å²) >= 11 is 0. The van der Waals surface area contributed by atoms with E-state index in [1.54, 1.807) is 0 Å². The molecule has 3 nitrogen and oxygen atoms in total. The zero-order valence-corrected chi connectivity index (χ0v) is 10.9. The monoisotopic (exact) mass is 234 g/mol. The van der Waals surface area contributed by atoms with Gasteiger partial charge in [-0.1, -0.05) is 51.1 Å². The molecule has 0 radical (unpaired) electrons. The lowest BCUT2D eigenvalue weighted by atomic mass is 9.90. The average Bonchev–Trinajstić information content (AvgIpc) is 2.35. The predicted molar refractivity (Wildman–Crippen MR) is 70.8 cm³/mol. The molecule has 1 aromatic carbocycles. The van der Waals surface area contributed by atoms with Gasteiger partial charge in [-0.25, -0.2) is 4.79 Å². The van der Waals surface area contributed by atoms with Crippen LogP contribution in [0, 0.1) is 5.41 Å². The van der Waals surface area contributed by atoms with Crippen LogP contribution in [0.1, 0.15) is 32.8 Å². The minimum atomic E-state index is -0.102. The van der Waals surface area contributed by atoms with Gasteiger partial charge in [0.25, 0.3) is 0 Å². The molecule has 0 aliphatic rings. The SMILES string of the molecule is CCC(C)(C)CNC(=O)NCc1ccccc1. The van der Waals surface area contributed by atoms with Crippen molar-refractivity contribution in [3.05, 3.63) is 35.9 Å². The topological polar surface area (TPSA) is 41.1 Å². The second-order valence-corrected chi connectivity index (χ2v) is 5.04. The van der Waals surface area contributed by atoms with Crippen LogP contribution in [0.15, 0.2) is 30.3 Å². The number of urea groups is 1. The molecular formula is C14H22N2O. The summed E-state index contributed by atoms with van der Waals surface area (Å²) in [6, 6.07) is 9.79. The highest BCUT2D eigenvalue weighted by Crippen LogP contribution is 2.17. The first-order valence-corrected chi connectivity index (χ1v) is 6.09. The highest BCUT2D eigenvalue weighted by atomic mass is 16.2. The number of nitrogens with one attached hydrogen (secondary N) is 2. The van der Waals surface area contributed by atoms with Crippen molar-refractivity contribution in [2.45, 2.75) is 33.7 Å². The van der Waals surface area contributed by atoms with Gasteiger partial charge in [-0.3, -0.25) is 0 Å². The minimum Gasteiger partial charge on any atom is -0.338 e. The first-order chi connectivity index (χ1) is 8.03. The van der Waals surface area contributed by atoms with Gasteiger partial charge in [-0.2, -0.15) is 0 Å². The molecule has 0 unspecified atom stereocenters. The summed E-state index contributed by atoms with van der Waals surface area (Å²) in [6.45, 7) is 7.68. The number of hydrogen-bond acceptors (Lipinski definition) is 1. The molecule has 0 fully saturated rings. The normalized spacial score (nSPS) is 11.0. The van der Waals surface area contributed by atoms with E-state index in [4.69, 9.17) is 0 Å². The van der Waals surface area contributed by atoms with Crippen molar-refractivity contribution in [3.8, 4) is 0 Å². The van der Waals surface area contributed by atoms with Crippen LogP contribution in [-0.4, -0.2) is 12.6 Å². The third-order valence-electron chi connectivity index (χ3n) is 2.98. The second kappa shape index (κ2) is 6.28. The van der Waals surface area contributed by atoms with Crippen LogP contribution in [0.4, 0.5) is 4.79 Å². The van der Waals surface area contributed by atoms with E-state index in [2.05, 4.69) is 31.4 Å². The molecule has 0 bridgehead atoms. The maximum absolute atomic E-state index is 11.6. The van der Waals surface area contributed by atoms with Gasteiger partial charge < -0.3 is 10.6 Å². The van der Waals surface area contributed by atoms with Gasteiger partial charge in [0.05, 0.1) is 0 Å². The van der Waals surface area contributed by atoms with E-state index in [1.165, 1.54) is 0 Å². The minimum absolute atomic E-state index is 0.102. The first kappa shape index (κ1) is 13.6. The molecule has 94 valence electrons. The van der Waals surface area contributed by atoms with E-state index in [9.17, 15) is 4.79 Å². The molecule has 1 rings (SSSR count). The average molecular weight is 234 g/mol. The molecule has 17 heavy (non-hydrogen) atoms. The van der Waals surface area contributed by atoms with Gasteiger partial charge in [-0.05, 0) is 17.4 Å². The van der Waals surface area contributed by atoms with E-state index in [0.29, 0.717) is 13.1 Å². The summed E-state index contributed by atoms with van der Waals surface area (Å²) in [5, 5.41) is 5.74. The molecule has 0 saturated heterocycles. The maximum atomic E-state index is 11.6. The van der Waals surface area contributed by atoms with E-state index < -0.39 is 0 Å². The summed E-state index contributed by atoms with van der Waals surface area (Å²) in [4.78, 5) is 11.6. The molecule has 1 aromatic rings. The first-order valence-electron chi connectivity index (χ1n) is 6.09. The Hall–Kier alpha value is -1.51. The third-order valence-corrected chi connectivity index (χ3v) is 2.98. The van der Waals surface area contributed by atoms with Crippen molar-refractivity contribution < 1.29 is 4.79 Å². The fraction of sp³-hybridized carbons (Fsp3) is 0.500. The fourth-order valence-corrected chi connectivity index (χ4v) is 1.29. The number of amides is 2. The van der Waals surface area contributed by atoms with Crippen LogP contribution in [0.3, 0.4) is 0 Å². The molecule has 2 amide bonds. The Morgan fingerprint density at radius 1 is 1.18 bits per heavy atom. The van der Waals surface area contributed by atoms with Crippen molar-refractivity contribution in [2.24, 2.45) is 5.41 Å². The van der Waals surface area contributed by atoms with Crippen molar-refractivity contribution in [1.29, 1.82) is 0 Å². The summed E-state index contributed by atoms with van der Waals surface area (Å²) in [5.74, 6) is 0. The number of carbonyl (C=O) groups excluding carboxylic acids is 1. The molecule has 0 atom stereocenters. The van der Waals surface area contributed by atoms with E-state index >= 15 is 0 Å². The van der Waals surface area contributed by atoms with Crippen molar-refractivity contribution in [2.75, 3.05) is 6.54 Å². The summed E-state index contributed by atoms with van der Waals surface area (Å²) in [5.41, 5.74) is 1.27. The standard InChI is InChI=1S/C14H22N2O/c1-4-14(2,3)11-16-13(17)15-10-12-8-6-5-7-9-12/h5-9H,4,10-11H2,1-3H3,(H2,15,16,17). The van der Waals surface area contributed by atoms with Gasteiger partial charge in [0.1, 0.15) is 0 Å². The lowest BCUT2D eigenvalue weighted by molar-refractivity contribution is 0.232. The lowest BCUT2D eigenvalue weighted by Gasteiger charge is -2.22. The van der Waals surface area contributed by atoms with Gasteiger partial charge in [0.15, 0.2) is 0 Å². The molecule has 0 aliphatic carbocycles. The van der Waals surface area contributed by atoms with Gasteiger partial charge >= 0.3 is 6.03 Å². The van der Waals surface area contributed by atoms with Crippen LogP contribution in [-0.2, 0) is 6.54 Å². The van der Waals surface area contributed by atoms with Crippen molar-refractivity contribution in [3.63, 3.8) is 0 Å². The Morgan fingerprint density at radius 3 is 2.41 bits per heavy atom. The number of benzene rings is 1. The zero-order valence-electron chi connectivity index (χ0n) is 10.9. The maximum Gasteiger partial charge on any atom is 0.315 e. The van der Waals surface area contributed by atoms with Crippen LogP contribution < -0.4 is 10.6 Å². The lowest BCUT2D eigenvalue weighted by Crippen LogP contribution is -2.40. The summed E-state index contributed by atoms with van der Waals surface area (Å²) in [7, 11) is 0. The molecule has 0 aliphatic heterocycles. The molecule has 0 saturated carbocycles. The summed E-state index contributed by atoms with van der Waals surface area (Å²) in [6.07, 6.45) is 1.05. The molecule has 0 aromatic heterocycles. The number of rotatable bonds is 5. The second-order valence-electron chi connectivity index (χ2n) is 5.04.